The first kappa shape index (κ1) is 15.1. The highest BCUT2D eigenvalue weighted by Crippen LogP contribution is 2.26. The van der Waals surface area contributed by atoms with Gasteiger partial charge >= 0.3 is 0 Å². The second-order valence-corrected chi connectivity index (χ2v) is 5.12. The molecule has 0 radical (unpaired) electrons. The first-order chi connectivity index (χ1) is 9.61. The molecule has 0 aliphatic carbocycles. The van der Waals surface area contributed by atoms with E-state index in [0.717, 1.165) is 5.56 Å². The molecule has 0 atom stereocenters. The van der Waals surface area contributed by atoms with Gasteiger partial charge in [0.05, 0.1) is 5.02 Å². The minimum absolute atomic E-state index is 0.0602. The van der Waals surface area contributed by atoms with Gasteiger partial charge in [-0.25, -0.2) is 4.39 Å². The highest BCUT2D eigenvalue weighted by atomic mass is 35.5. The van der Waals surface area contributed by atoms with Crippen LogP contribution in [0, 0.1) is 5.82 Å². The summed E-state index contributed by atoms with van der Waals surface area (Å²) in [4.78, 5) is 0. The average molecular weight is 314 g/mol. The van der Waals surface area contributed by atoms with E-state index in [9.17, 15) is 4.39 Å². The van der Waals surface area contributed by atoms with Crippen molar-refractivity contribution in [2.75, 3.05) is 6.54 Å². The lowest BCUT2D eigenvalue weighted by Gasteiger charge is -2.12. The summed E-state index contributed by atoms with van der Waals surface area (Å²) < 4.78 is 19.3. The predicted molar refractivity (Wildman–Crippen MR) is 80.0 cm³/mol. The molecule has 20 heavy (non-hydrogen) atoms. The van der Waals surface area contributed by atoms with Crippen LogP contribution in [-0.4, -0.2) is 6.54 Å². The molecular formula is C15H14Cl2FNO. The van der Waals surface area contributed by atoms with Crippen LogP contribution in [0.2, 0.25) is 10.0 Å². The fourth-order valence-corrected chi connectivity index (χ4v) is 2.27. The molecule has 0 aliphatic rings. The van der Waals surface area contributed by atoms with Gasteiger partial charge in [-0.3, -0.25) is 0 Å². The molecule has 0 bridgehead atoms. The summed E-state index contributed by atoms with van der Waals surface area (Å²) in [7, 11) is 0. The SMILES string of the molecule is NCCc1cc(Cl)ccc1OCc1c(F)cccc1Cl. The average Bonchev–Trinajstić information content (AvgIpc) is 2.40. The van der Waals surface area contributed by atoms with E-state index in [4.69, 9.17) is 33.7 Å². The number of hydrogen-bond acceptors (Lipinski definition) is 2. The summed E-state index contributed by atoms with van der Waals surface area (Å²) in [5, 5.41) is 0.962. The third-order valence-electron chi connectivity index (χ3n) is 2.87. The lowest BCUT2D eigenvalue weighted by molar-refractivity contribution is 0.297. The highest BCUT2D eigenvalue weighted by molar-refractivity contribution is 6.31. The van der Waals surface area contributed by atoms with Crippen LogP contribution in [-0.2, 0) is 13.0 Å². The molecule has 106 valence electrons. The van der Waals surface area contributed by atoms with E-state index in [-0.39, 0.29) is 12.4 Å². The van der Waals surface area contributed by atoms with Crippen LogP contribution in [0.25, 0.3) is 0 Å². The fourth-order valence-electron chi connectivity index (χ4n) is 1.86. The Hall–Kier alpha value is -1.29. The number of halogens is 3. The Balaban J connectivity index is 2.18. The van der Waals surface area contributed by atoms with Gasteiger partial charge in [0.15, 0.2) is 0 Å². The van der Waals surface area contributed by atoms with Crippen molar-refractivity contribution in [1.29, 1.82) is 0 Å². The maximum atomic E-state index is 13.7. The standard InChI is InChI=1S/C15H14Cl2FNO/c16-11-4-5-15(10(8-11)6-7-19)20-9-12-13(17)2-1-3-14(12)18/h1-5,8H,6-7,9,19H2. The summed E-state index contributed by atoms with van der Waals surface area (Å²) in [5.74, 6) is 0.256. The zero-order valence-electron chi connectivity index (χ0n) is 10.7. The number of benzene rings is 2. The molecule has 2 nitrogen and oxygen atoms in total. The molecule has 5 heteroatoms. The summed E-state index contributed by atoms with van der Waals surface area (Å²) in [6.45, 7) is 0.544. The summed E-state index contributed by atoms with van der Waals surface area (Å²) in [6, 6.07) is 9.82. The van der Waals surface area contributed by atoms with E-state index in [0.29, 0.717) is 34.3 Å². The van der Waals surface area contributed by atoms with E-state index in [1.165, 1.54) is 6.07 Å². The smallest absolute Gasteiger partial charge is 0.131 e. The van der Waals surface area contributed by atoms with Crippen LogP contribution in [0.3, 0.4) is 0 Å². The van der Waals surface area contributed by atoms with E-state index in [1.54, 1.807) is 30.3 Å². The van der Waals surface area contributed by atoms with Gasteiger partial charge in [0.25, 0.3) is 0 Å². The molecule has 2 N–H and O–H groups in total. The van der Waals surface area contributed by atoms with E-state index >= 15 is 0 Å². The van der Waals surface area contributed by atoms with Crippen molar-refractivity contribution in [1.82, 2.24) is 0 Å². The Morgan fingerprint density at radius 3 is 2.65 bits per heavy atom. The Kier molecular flexibility index (Phi) is 5.24. The largest absolute Gasteiger partial charge is 0.488 e. The number of ether oxygens (including phenoxy) is 1. The van der Waals surface area contributed by atoms with Gasteiger partial charge in [0.2, 0.25) is 0 Å². The Morgan fingerprint density at radius 1 is 1.15 bits per heavy atom. The zero-order valence-corrected chi connectivity index (χ0v) is 12.2. The lowest BCUT2D eigenvalue weighted by Crippen LogP contribution is -2.06. The van der Waals surface area contributed by atoms with Crippen molar-refractivity contribution >= 4 is 23.2 Å². The van der Waals surface area contributed by atoms with Crippen LogP contribution in [0.1, 0.15) is 11.1 Å². The molecule has 0 aliphatic heterocycles. The highest BCUT2D eigenvalue weighted by Gasteiger charge is 2.10. The lowest BCUT2D eigenvalue weighted by atomic mass is 10.1. The molecule has 0 amide bonds. The Labute approximate surface area is 127 Å². The zero-order chi connectivity index (χ0) is 14.5. The quantitative estimate of drug-likeness (QED) is 0.897. The number of nitrogens with two attached hydrogens (primary N) is 1. The van der Waals surface area contributed by atoms with Gasteiger partial charge in [0, 0.05) is 10.6 Å². The van der Waals surface area contributed by atoms with Crippen LogP contribution >= 0.6 is 23.2 Å². The second-order valence-electron chi connectivity index (χ2n) is 4.28. The van der Waals surface area contributed by atoms with Crippen LogP contribution in [0.15, 0.2) is 36.4 Å². The molecule has 0 heterocycles. The normalized spacial score (nSPS) is 10.6. The molecule has 0 saturated carbocycles. The molecule has 2 rings (SSSR count). The van der Waals surface area contributed by atoms with E-state index in [2.05, 4.69) is 0 Å². The van der Waals surface area contributed by atoms with Crippen LogP contribution in [0.5, 0.6) is 5.75 Å². The van der Waals surface area contributed by atoms with Crippen molar-refractivity contribution in [3.63, 3.8) is 0 Å². The number of hydrogen-bond donors (Lipinski definition) is 1. The van der Waals surface area contributed by atoms with E-state index < -0.39 is 0 Å². The summed E-state index contributed by atoms with van der Waals surface area (Å²) >= 11 is 11.9. The van der Waals surface area contributed by atoms with Gasteiger partial charge in [-0.05, 0) is 48.9 Å². The second kappa shape index (κ2) is 6.93. The van der Waals surface area contributed by atoms with E-state index in [1.807, 2.05) is 0 Å². The molecule has 2 aromatic carbocycles. The van der Waals surface area contributed by atoms with Crippen LogP contribution in [0.4, 0.5) is 4.39 Å². The van der Waals surface area contributed by atoms with Gasteiger partial charge in [-0.1, -0.05) is 29.3 Å². The van der Waals surface area contributed by atoms with Crippen molar-refractivity contribution in [3.05, 3.63) is 63.4 Å². The molecule has 0 unspecified atom stereocenters. The van der Waals surface area contributed by atoms with Crippen molar-refractivity contribution < 1.29 is 9.13 Å². The summed E-state index contributed by atoms with van der Waals surface area (Å²) in [5.41, 5.74) is 6.79. The van der Waals surface area contributed by atoms with Gasteiger partial charge < -0.3 is 10.5 Å². The third kappa shape index (κ3) is 3.63. The minimum atomic E-state index is -0.383. The summed E-state index contributed by atoms with van der Waals surface area (Å²) in [6.07, 6.45) is 0.640. The molecular weight excluding hydrogens is 300 g/mol. The molecule has 0 aromatic heterocycles. The predicted octanol–water partition coefficient (Wildman–Crippen LogP) is 4.21. The van der Waals surface area contributed by atoms with Crippen molar-refractivity contribution in [3.8, 4) is 5.75 Å². The fraction of sp³-hybridized carbons (Fsp3) is 0.200. The van der Waals surface area contributed by atoms with Crippen molar-refractivity contribution in [2.45, 2.75) is 13.0 Å². The molecule has 0 fully saturated rings. The molecule has 0 spiro atoms. The van der Waals surface area contributed by atoms with Crippen molar-refractivity contribution in [2.24, 2.45) is 5.73 Å². The Bertz CT molecular complexity index is 584. The first-order valence-electron chi connectivity index (χ1n) is 6.16. The minimum Gasteiger partial charge on any atom is -0.488 e. The number of rotatable bonds is 5. The van der Waals surface area contributed by atoms with Gasteiger partial charge in [-0.15, -0.1) is 0 Å². The Morgan fingerprint density at radius 2 is 1.95 bits per heavy atom. The van der Waals surface area contributed by atoms with Gasteiger partial charge in [-0.2, -0.15) is 0 Å². The maximum Gasteiger partial charge on any atom is 0.131 e. The first-order valence-corrected chi connectivity index (χ1v) is 6.91. The topological polar surface area (TPSA) is 35.2 Å². The van der Waals surface area contributed by atoms with Gasteiger partial charge in [0.1, 0.15) is 18.2 Å². The third-order valence-corrected chi connectivity index (χ3v) is 3.46. The maximum absolute atomic E-state index is 13.7. The molecule has 0 saturated heterocycles. The van der Waals surface area contributed by atoms with Crippen LogP contribution < -0.4 is 10.5 Å². The molecule has 2 aromatic rings. The monoisotopic (exact) mass is 313 g/mol.